The number of hydrogen-bond acceptors (Lipinski definition) is 5. The van der Waals surface area contributed by atoms with Gasteiger partial charge in [0.15, 0.2) is 0 Å². The lowest BCUT2D eigenvalue weighted by Crippen LogP contribution is -1.98. The quantitative estimate of drug-likeness (QED) is 0.366. The molecule has 6 nitrogen and oxygen atoms in total. The second kappa shape index (κ2) is 6.60. The summed E-state index contributed by atoms with van der Waals surface area (Å²) >= 11 is 0. The largest absolute Gasteiger partial charge is 0.496 e. The van der Waals surface area contributed by atoms with E-state index in [9.17, 15) is 14.9 Å². The van der Waals surface area contributed by atoms with Gasteiger partial charge in [-0.25, -0.2) is 4.79 Å². The van der Waals surface area contributed by atoms with E-state index in [1.54, 1.807) is 6.08 Å². The minimum atomic E-state index is -0.510. The van der Waals surface area contributed by atoms with Crippen LogP contribution in [0.1, 0.15) is 16.7 Å². The first kappa shape index (κ1) is 16.4. The number of hydrogen-bond donors (Lipinski definition) is 0. The predicted molar refractivity (Wildman–Crippen MR) is 92.9 cm³/mol. The molecule has 2 aromatic rings. The Morgan fingerprint density at radius 3 is 2.52 bits per heavy atom. The van der Waals surface area contributed by atoms with Crippen molar-refractivity contribution in [1.29, 1.82) is 0 Å². The zero-order valence-corrected chi connectivity index (χ0v) is 13.7. The third kappa shape index (κ3) is 3.42. The zero-order chi connectivity index (χ0) is 18.0. The molecule has 0 saturated heterocycles. The SMILES string of the molecule is COc1ccc([N+](=O)[O-])cc1C=C1C=C(c2ccc(C)cc2)OC1=O. The summed E-state index contributed by atoms with van der Waals surface area (Å²) < 4.78 is 10.5. The van der Waals surface area contributed by atoms with Crippen molar-refractivity contribution in [2.75, 3.05) is 7.11 Å². The Kier molecular flexibility index (Phi) is 4.35. The molecule has 2 aromatic carbocycles. The molecule has 0 amide bonds. The lowest BCUT2D eigenvalue weighted by molar-refractivity contribution is -0.384. The molecule has 6 heteroatoms. The van der Waals surface area contributed by atoms with E-state index in [0.717, 1.165) is 11.1 Å². The molecule has 1 aliphatic heterocycles. The number of esters is 1. The van der Waals surface area contributed by atoms with Crippen LogP contribution in [0.3, 0.4) is 0 Å². The summed E-state index contributed by atoms with van der Waals surface area (Å²) in [6.07, 6.45) is 3.14. The van der Waals surface area contributed by atoms with Gasteiger partial charge in [-0.05, 0) is 25.1 Å². The number of cyclic esters (lactones) is 1. The van der Waals surface area contributed by atoms with Crippen LogP contribution in [-0.4, -0.2) is 18.0 Å². The van der Waals surface area contributed by atoms with Crippen molar-refractivity contribution in [2.45, 2.75) is 6.92 Å². The summed E-state index contributed by atoms with van der Waals surface area (Å²) in [5, 5.41) is 11.0. The summed E-state index contributed by atoms with van der Waals surface area (Å²) in [6.45, 7) is 1.97. The number of nitrogens with zero attached hydrogens (tertiary/aromatic N) is 1. The van der Waals surface area contributed by atoms with E-state index in [2.05, 4.69) is 0 Å². The van der Waals surface area contributed by atoms with E-state index in [0.29, 0.717) is 22.6 Å². The van der Waals surface area contributed by atoms with Crippen molar-refractivity contribution < 1.29 is 19.2 Å². The van der Waals surface area contributed by atoms with Crippen molar-refractivity contribution in [3.63, 3.8) is 0 Å². The van der Waals surface area contributed by atoms with Crippen LogP contribution >= 0.6 is 0 Å². The Labute approximate surface area is 144 Å². The number of methoxy groups -OCH3 is 1. The molecular formula is C19H15NO5. The second-order valence-electron chi connectivity index (χ2n) is 5.55. The van der Waals surface area contributed by atoms with Crippen molar-refractivity contribution in [1.82, 2.24) is 0 Å². The second-order valence-corrected chi connectivity index (χ2v) is 5.55. The average Bonchev–Trinajstić information content (AvgIpc) is 2.96. The fourth-order valence-corrected chi connectivity index (χ4v) is 2.46. The van der Waals surface area contributed by atoms with Crippen LogP contribution in [0, 0.1) is 17.0 Å². The van der Waals surface area contributed by atoms with Gasteiger partial charge >= 0.3 is 5.97 Å². The molecule has 1 heterocycles. The number of aryl methyl sites for hydroxylation is 1. The number of carbonyl (C=O) groups is 1. The molecule has 0 bridgehead atoms. The van der Waals surface area contributed by atoms with Crippen molar-refractivity contribution in [3.8, 4) is 5.75 Å². The van der Waals surface area contributed by atoms with Gasteiger partial charge in [0.1, 0.15) is 11.5 Å². The highest BCUT2D eigenvalue weighted by Crippen LogP contribution is 2.31. The number of nitro benzene ring substituents is 1. The van der Waals surface area contributed by atoms with Crippen LogP contribution in [0.25, 0.3) is 11.8 Å². The van der Waals surface area contributed by atoms with E-state index in [1.807, 2.05) is 31.2 Å². The topological polar surface area (TPSA) is 78.7 Å². The molecule has 0 N–H and O–H groups in total. The standard InChI is InChI=1S/C19H15NO5/c1-12-3-5-13(6-4-12)18-11-15(19(21)25-18)9-14-10-16(20(22)23)7-8-17(14)24-2/h3-11H,1-2H3. The molecule has 25 heavy (non-hydrogen) atoms. The Morgan fingerprint density at radius 2 is 1.88 bits per heavy atom. The fourth-order valence-electron chi connectivity index (χ4n) is 2.46. The summed E-state index contributed by atoms with van der Waals surface area (Å²) in [5.74, 6) is 0.368. The van der Waals surface area contributed by atoms with Gasteiger partial charge in [-0.15, -0.1) is 0 Å². The molecule has 0 fully saturated rings. The van der Waals surface area contributed by atoms with Gasteiger partial charge in [-0.1, -0.05) is 29.8 Å². The smallest absolute Gasteiger partial charge is 0.343 e. The van der Waals surface area contributed by atoms with Gasteiger partial charge in [0.2, 0.25) is 0 Å². The molecule has 0 saturated carbocycles. The van der Waals surface area contributed by atoms with E-state index in [-0.39, 0.29) is 5.69 Å². The lowest BCUT2D eigenvalue weighted by Gasteiger charge is -2.04. The van der Waals surface area contributed by atoms with E-state index < -0.39 is 10.9 Å². The van der Waals surface area contributed by atoms with Crippen LogP contribution in [0.4, 0.5) is 5.69 Å². The first-order valence-corrected chi connectivity index (χ1v) is 7.53. The molecule has 0 aliphatic carbocycles. The average molecular weight is 337 g/mol. The molecule has 0 unspecified atom stereocenters. The van der Waals surface area contributed by atoms with Crippen LogP contribution in [-0.2, 0) is 9.53 Å². The van der Waals surface area contributed by atoms with Crippen molar-refractivity contribution >= 4 is 23.5 Å². The van der Waals surface area contributed by atoms with Gasteiger partial charge in [-0.2, -0.15) is 0 Å². The van der Waals surface area contributed by atoms with E-state index in [1.165, 1.54) is 31.4 Å². The summed E-state index contributed by atoms with van der Waals surface area (Å²) in [5.41, 5.74) is 2.54. The highest BCUT2D eigenvalue weighted by atomic mass is 16.6. The summed E-state index contributed by atoms with van der Waals surface area (Å²) in [4.78, 5) is 22.6. The van der Waals surface area contributed by atoms with Crippen LogP contribution in [0.2, 0.25) is 0 Å². The van der Waals surface area contributed by atoms with E-state index >= 15 is 0 Å². The van der Waals surface area contributed by atoms with Gasteiger partial charge in [0, 0.05) is 23.3 Å². The molecule has 126 valence electrons. The van der Waals surface area contributed by atoms with Gasteiger partial charge in [0.05, 0.1) is 17.6 Å². The van der Waals surface area contributed by atoms with Crippen LogP contribution in [0.5, 0.6) is 5.75 Å². The number of nitro groups is 1. The molecule has 0 radical (unpaired) electrons. The van der Waals surface area contributed by atoms with Gasteiger partial charge < -0.3 is 9.47 Å². The minimum Gasteiger partial charge on any atom is -0.496 e. The predicted octanol–water partition coefficient (Wildman–Crippen LogP) is 3.89. The maximum atomic E-state index is 12.1. The minimum absolute atomic E-state index is 0.0817. The fraction of sp³-hybridized carbons (Fsp3) is 0.105. The molecule has 0 aromatic heterocycles. The Balaban J connectivity index is 2.00. The first-order valence-electron chi connectivity index (χ1n) is 7.53. The maximum Gasteiger partial charge on any atom is 0.343 e. The molecule has 1 aliphatic rings. The Hall–Kier alpha value is -3.41. The van der Waals surface area contributed by atoms with Crippen LogP contribution in [0.15, 0.2) is 54.1 Å². The van der Waals surface area contributed by atoms with Crippen molar-refractivity contribution in [2.24, 2.45) is 0 Å². The third-order valence-electron chi connectivity index (χ3n) is 3.80. The van der Waals surface area contributed by atoms with E-state index in [4.69, 9.17) is 9.47 Å². The molecular weight excluding hydrogens is 322 g/mol. The number of carbonyl (C=O) groups excluding carboxylic acids is 1. The van der Waals surface area contributed by atoms with Gasteiger partial charge in [-0.3, -0.25) is 10.1 Å². The number of ether oxygens (including phenoxy) is 2. The normalized spacial score (nSPS) is 15.0. The summed E-state index contributed by atoms with van der Waals surface area (Å²) in [6, 6.07) is 11.8. The monoisotopic (exact) mass is 337 g/mol. The lowest BCUT2D eigenvalue weighted by atomic mass is 10.1. The third-order valence-corrected chi connectivity index (χ3v) is 3.80. The van der Waals surface area contributed by atoms with Crippen LogP contribution < -0.4 is 4.74 Å². The zero-order valence-electron chi connectivity index (χ0n) is 13.7. The molecule has 3 rings (SSSR count). The number of rotatable bonds is 4. The molecule has 0 spiro atoms. The maximum absolute atomic E-state index is 12.1. The number of benzene rings is 2. The highest BCUT2D eigenvalue weighted by molar-refractivity contribution is 6.05. The Morgan fingerprint density at radius 1 is 1.16 bits per heavy atom. The molecule has 0 atom stereocenters. The first-order chi connectivity index (χ1) is 12.0. The summed E-state index contributed by atoms with van der Waals surface area (Å²) in [7, 11) is 1.46. The number of non-ortho nitro benzene ring substituents is 1. The van der Waals surface area contributed by atoms with Crippen molar-refractivity contribution in [3.05, 3.63) is 80.9 Å². The highest BCUT2D eigenvalue weighted by Gasteiger charge is 2.23. The van der Waals surface area contributed by atoms with Gasteiger partial charge in [0.25, 0.3) is 5.69 Å². The Bertz CT molecular complexity index is 910.